The third kappa shape index (κ3) is 4.87. The molecule has 24 heavy (non-hydrogen) atoms. The Balaban J connectivity index is 1.41. The highest BCUT2D eigenvalue weighted by Gasteiger charge is 2.35. The standard InChI is InChI=1S/C20H38N4/c1-16(2)12-20(9-4-5-10-20)15-23-19(21-3)22-13-17-8-11-24(14-17)18-6-7-18/h16-18H,4-15H2,1-3H3,(H2,21,22,23). The second kappa shape index (κ2) is 8.07. The molecule has 3 rings (SSSR count). The molecular formula is C20H38N4. The van der Waals surface area contributed by atoms with Gasteiger partial charge in [-0.05, 0) is 62.3 Å². The summed E-state index contributed by atoms with van der Waals surface area (Å²) in [6.07, 6.45) is 11.1. The quantitative estimate of drug-likeness (QED) is 0.555. The van der Waals surface area contributed by atoms with Gasteiger partial charge in [-0.25, -0.2) is 0 Å². The minimum atomic E-state index is 0.502. The van der Waals surface area contributed by atoms with E-state index < -0.39 is 0 Å². The molecule has 1 saturated heterocycles. The summed E-state index contributed by atoms with van der Waals surface area (Å²) in [5.74, 6) is 2.59. The molecule has 1 unspecified atom stereocenters. The van der Waals surface area contributed by atoms with Crippen LogP contribution in [0.1, 0.15) is 65.2 Å². The summed E-state index contributed by atoms with van der Waals surface area (Å²) in [5.41, 5.74) is 0.502. The van der Waals surface area contributed by atoms with Crippen molar-refractivity contribution < 1.29 is 0 Å². The van der Waals surface area contributed by atoms with Gasteiger partial charge in [-0.15, -0.1) is 0 Å². The first kappa shape index (κ1) is 18.0. The molecule has 1 heterocycles. The van der Waals surface area contributed by atoms with Crippen molar-refractivity contribution in [3.63, 3.8) is 0 Å². The summed E-state index contributed by atoms with van der Waals surface area (Å²) in [4.78, 5) is 7.16. The van der Waals surface area contributed by atoms with Crippen molar-refractivity contribution in [1.29, 1.82) is 0 Å². The predicted molar refractivity (Wildman–Crippen MR) is 102 cm³/mol. The Morgan fingerprint density at radius 1 is 1.17 bits per heavy atom. The highest BCUT2D eigenvalue weighted by molar-refractivity contribution is 5.79. The Morgan fingerprint density at radius 2 is 1.92 bits per heavy atom. The Labute approximate surface area is 148 Å². The molecule has 0 aromatic rings. The number of aliphatic imine (C=N–C) groups is 1. The second-order valence-corrected chi connectivity index (χ2v) is 8.99. The Morgan fingerprint density at radius 3 is 2.54 bits per heavy atom. The van der Waals surface area contributed by atoms with Gasteiger partial charge >= 0.3 is 0 Å². The normalized spacial score (nSPS) is 27.8. The number of guanidine groups is 1. The molecule has 1 atom stereocenters. The maximum atomic E-state index is 4.47. The summed E-state index contributed by atoms with van der Waals surface area (Å²) >= 11 is 0. The van der Waals surface area contributed by atoms with Crippen LogP contribution in [-0.2, 0) is 0 Å². The lowest BCUT2D eigenvalue weighted by molar-refractivity contribution is 0.234. The van der Waals surface area contributed by atoms with E-state index in [1.165, 1.54) is 64.5 Å². The topological polar surface area (TPSA) is 39.7 Å². The summed E-state index contributed by atoms with van der Waals surface area (Å²) in [5, 5.41) is 7.25. The van der Waals surface area contributed by atoms with Crippen LogP contribution < -0.4 is 10.6 Å². The van der Waals surface area contributed by atoms with Crippen molar-refractivity contribution in [2.45, 2.75) is 71.3 Å². The molecule has 0 aromatic heterocycles. The maximum Gasteiger partial charge on any atom is 0.191 e. The fourth-order valence-electron chi connectivity index (χ4n) is 4.98. The van der Waals surface area contributed by atoms with Crippen LogP contribution in [0, 0.1) is 17.3 Å². The molecule has 0 spiro atoms. The minimum Gasteiger partial charge on any atom is -0.356 e. The largest absolute Gasteiger partial charge is 0.356 e. The lowest BCUT2D eigenvalue weighted by atomic mass is 9.78. The Kier molecular flexibility index (Phi) is 6.07. The van der Waals surface area contributed by atoms with Gasteiger partial charge in [0, 0.05) is 32.7 Å². The van der Waals surface area contributed by atoms with Gasteiger partial charge in [0.2, 0.25) is 0 Å². The van der Waals surface area contributed by atoms with E-state index in [9.17, 15) is 0 Å². The highest BCUT2D eigenvalue weighted by atomic mass is 15.2. The van der Waals surface area contributed by atoms with Gasteiger partial charge in [0.25, 0.3) is 0 Å². The average Bonchev–Trinajstić information content (AvgIpc) is 3.12. The van der Waals surface area contributed by atoms with Gasteiger partial charge in [-0.2, -0.15) is 0 Å². The molecule has 2 N–H and O–H groups in total. The fraction of sp³-hybridized carbons (Fsp3) is 0.950. The van der Waals surface area contributed by atoms with E-state index in [1.54, 1.807) is 0 Å². The summed E-state index contributed by atoms with van der Waals surface area (Å²) in [6.45, 7) is 9.47. The van der Waals surface area contributed by atoms with E-state index in [0.717, 1.165) is 36.9 Å². The molecule has 2 aliphatic carbocycles. The third-order valence-corrected chi connectivity index (χ3v) is 6.30. The van der Waals surface area contributed by atoms with E-state index >= 15 is 0 Å². The molecule has 1 aliphatic heterocycles. The van der Waals surface area contributed by atoms with Crippen LogP contribution in [0.5, 0.6) is 0 Å². The minimum absolute atomic E-state index is 0.502. The molecule has 3 fully saturated rings. The SMILES string of the molecule is CN=C(NCC1CCN(C2CC2)C1)NCC1(CC(C)C)CCCC1. The Hall–Kier alpha value is -0.770. The number of nitrogens with zero attached hydrogens (tertiary/aromatic N) is 2. The summed E-state index contributed by atoms with van der Waals surface area (Å²) in [7, 11) is 1.91. The first-order chi connectivity index (χ1) is 11.6. The molecule has 2 saturated carbocycles. The van der Waals surface area contributed by atoms with Crippen molar-refractivity contribution in [3.8, 4) is 0 Å². The van der Waals surface area contributed by atoms with Crippen molar-refractivity contribution >= 4 is 5.96 Å². The smallest absolute Gasteiger partial charge is 0.191 e. The van der Waals surface area contributed by atoms with E-state index in [-0.39, 0.29) is 0 Å². The molecule has 3 aliphatic rings. The van der Waals surface area contributed by atoms with E-state index in [4.69, 9.17) is 0 Å². The summed E-state index contributed by atoms with van der Waals surface area (Å²) < 4.78 is 0. The van der Waals surface area contributed by atoms with Crippen molar-refractivity contribution in [2.75, 3.05) is 33.2 Å². The van der Waals surface area contributed by atoms with Crippen LogP contribution in [0.4, 0.5) is 0 Å². The number of likely N-dealkylation sites (tertiary alicyclic amines) is 1. The summed E-state index contributed by atoms with van der Waals surface area (Å²) in [6, 6.07) is 0.922. The average molecular weight is 335 g/mol. The van der Waals surface area contributed by atoms with Gasteiger partial charge < -0.3 is 15.5 Å². The fourth-order valence-corrected chi connectivity index (χ4v) is 4.98. The zero-order valence-electron chi connectivity index (χ0n) is 16.1. The van der Waals surface area contributed by atoms with Crippen molar-refractivity contribution in [3.05, 3.63) is 0 Å². The van der Waals surface area contributed by atoms with Crippen LogP contribution in [0.25, 0.3) is 0 Å². The number of hydrogen-bond acceptors (Lipinski definition) is 2. The molecule has 138 valence electrons. The maximum absolute atomic E-state index is 4.47. The molecule has 0 amide bonds. The van der Waals surface area contributed by atoms with E-state index in [2.05, 4.69) is 34.4 Å². The van der Waals surface area contributed by atoms with Gasteiger partial charge in [-0.1, -0.05) is 26.7 Å². The third-order valence-electron chi connectivity index (χ3n) is 6.30. The van der Waals surface area contributed by atoms with Crippen LogP contribution in [0.2, 0.25) is 0 Å². The van der Waals surface area contributed by atoms with Crippen LogP contribution in [0.3, 0.4) is 0 Å². The van der Waals surface area contributed by atoms with E-state index in [0.29, 0.717) is 5.41 Å². The first-order valence-electron chi connectivity index (χ1n) is 10.3. The van der Waals surface area contributed by atoms with Crippen LogP contribution in [-0.4, -0.2) is 50.1 Å². The zero-order chi connectivity index (χ0) is 17.0. The predicted octanol–water partition coefficient (Wildman–Crippen LogP) is 3.24. The van der Waals surface area contributed by atoms with Crippen molar-refractivity contribution in [1.82, 2.24) is 15.5 Å². The molecule has 4 heteroatoms. The van der Waals surface area contributed by atoms with Crippen LogP contribution in [0.15, 0.2) is 4.99 Å². The van der Waals surface area contributed by atoms with Gasteiger partial charge in [0.1, 0.15) is 0 Å². The van der Waals surface area contributed by atoms with Crippen molar-refractivity contribution in [2.24, 2.45) is 22.2 Å². The van der Waals surface area contributed by atoms with Gasteiger partial charge in [-0.3, -0.25) is 4.99 Å². The number of rotatable bonds is 7. The second-order valence-electron chi connectivity index (χ2n) is 8.99. The number of hydrogen-bond donors (Lipinski definition) is 2. The van der Waals surface area contributed by atoms with Gasteiger partial charge in [0.05, 0.1) is 0 Å². The molecule has 4 nitrogen and oxygen atoms in total. The van der Waals surface area contributed by atoms with E-state index in [1.807, 2.05) is 7.05 Å². The first-order valence-corrected chi connectivity index (χ1v) is 10.3. The molecular weight excluding hydrogens is 296 g/mol. The molecule has 0 bridgehead atoms. The lowest BCUT2D eigenvalue weighted by Gasteiger charge is -2.32. The lowest BCUT2D eigenvalue weighted by Crippen LogP contribution is -2.45. The monoisotopic (exact) mass is 334 g/mol. The zero-order valence-corrected chi connectivity index (χ0v) is 16.1. The molecule has 0 aromatic carbocycles. The molecule has 0 radical (unpaired) electrons. The van der Waals surface area contributed by atoms with Crippen LogP contribution >= 0.6 is 0 Å². The Bertz CT molecular complexity index is 421. The highest BCUT2D eigenvalue weighted by Crippen LogP contribution is 2.42. The number of nitrogens with one attached hydrogen (secondary N) is 2. The van der Waals surface area contributed by atoms with Gasteiger partial charge in [0.15, 0.2) is 5.96 Å².